The van der Waals surface area contributed by atoms with E-state index in [0.717, 1.165) is 0 Å². The fourth-order valence-corrected chi connectivity index (χ4v) is 1.90. The summed E-state index contributed by atoms with van der Waals surface area (Å²) in [4.78, 5) is 11.3. The normalized spacial score (nSPS) is 10.9. The van der Waals surface area contributed by atoms with Gasteiger partial charge in [-0.25, -0.2) is 4.68 Å². The molecule has 0 saturated carbocycles. The van der Waals surface area contributed by atoms with Crippen molar-refractivity contribution in [1.29, 1.82) is 0 Å². The van der Waals surface area contributed by atoms with Crippen LogP contribution in [0.25, 0.3) is 0 Å². The van der Waals surface area contributed by atoms with Crippen molar-refractivity contribution in [3.63, 3.8) is 0 Å². The molecule has 0 radical (unpaired) electrons. The lowest BCUT2D eigenvalue weighted by molar-refractivity contribution is -0.118. The molecule has 0 spiro atoms. The van der Waals surface area contributed by atoms with Gasteiger partial charge in [-0.05, 0) is 17.4 Å². The van der Waals surface area contributed by atoms with Gasteiger partial charge in [-0.15, -0.1) is 5.10 Å². The Morgan fingerprint density at radius 1 is 1.50 bits per heavy atom. The Kier molecular flexibility index (Phi) is 6.61. The maximum atomic E-state index is 11.3. The van der Waals surface area contributed by atoms with Crippen LogP contribution < -0.4 is 5.32 Å². The number of hydrogen-bond acceptors (Lipinski definition) is 7. The fourth-order valence-electron chi connectivity index (χ4n) is 1.18. The van der Waals surface area contributed by atoms with E-state index in [-0.39, 0.29) is 11.7 Å². The van der Waals surface area contributed by atoms with Crippen molar-refractivity contribution in [2.75, 3.05) is 26.5 Å². The third-order valence-electron chi connectivity index (χ3n) is 2.05. The summed E-state index contributed by atoms with van der Waals surface area (Å²) in [7, 11) is 3.08. The van der Waals surface area contributed by atoms with Gasteiger partial charge >= 0.3 is 0 Å². The van der Waals surface area contributed by atoms with E-state index in [1.165, 1.54) is 11.8 Å². The molecule has 1 aromatic rings. The van der Waals surface area contributed by atoms with Gasteiger partial charge in [-0.3, -0.25) is 4.79 Å². The monoisotopic (exact) mass is 275 g/mol. The molecule has 1 aromatic heterocycles. The minimum absolute atomic E-state index is 0.0490. The van der Waals surface area contributed by atoms with Crippen LogP contribution in [0.5, 0.6) is 0 Å². The van der Waals surface area contributed by atoms with Crippen LogP contribution in [0.4, 0.5) is 0 Å². The maximum absolute atomic E-state index is 11.3. The Morgan fingerprint density at radius 2 is 2.22 bits per heavy atom. The zero-order chi connectivity index (χ0) is 13.4. The van der Waals surface area contributed by atoms with Gasteiger partial charge in [0.15, 0.2) is 6.29 Å². The van der Waals surface area contributed by atoms with Gasteiger partial charge in [0.05, 0.1) is 12.3 Å². The van der Waals surface area contributed by atoms with Crippen molar-refractivity contribution >= 4 is 17.7 Å². The summed E-state index contributed by atoms with van der Waals surface area (Å²) >= 11 is 1.27. The number of carbonyl (C=O) groups excluding carboxylic acids is 1. The number of carbonyl (C=O) groups is 1. The number of methoxy groups -OCH3 is 2. The lowest BCUT2D eigenvalue weighted by atomic mass is 10.6. The van der Waals surface area contributed by atoms with Crippen molar-refractivity contribution in [3.8, 4) is 0 Å². The number of tetrazole rings is 1. The average Bonchev–Trinajstić information content (AvgIpc) is 2.81. The number of nitrogens with zero attached hydrogens (tertiary/aromatic N) is 4. The Balaban J connectivity index is 2.51. The molecule has 0 aliphatic heterocycles. The molecule has 0 aliphatic rings. The fraction of sp³-hybridized carbons (Fsp3) is 0.778. The maximum Gasteiger partial charge on any atom is 0.230 e. The minimum Gasteiger partial charge on any atom is -0.356 e. The lowest BCUT2D eigenvalue weighted by Gasteiger charge is -2.13. The second kappa shape index (κ2) is 8.01. The van der Waals surface area contributed by atoms with Crippen molar-refractivity contribution in [1.82, 2.24) is 25.5 Å². The van der Waals surface area contributed by atoms with Gasteiger partial charge in [-0.2, -0.15) is 0 Å². The highest BCUT2D eigenvalue weighted by Gasteiger charge is 2.13. The van der Waals surface area contributed by atoms with E-state index in [1.807, 2.05) is 6.92 Å². The zero-order valence-corrected chi connectivity index (χ0v) is 11.4. The first-order valence-electron chi connectivity index (χ1n) is 5.42. The van der Waals surface area contributed by atoms with Crippen LogP contribution in [0.2, 0.25) is 0 Å². The predicted molar refractivity (Wildman–Crippen MR) is 65.0 cm³/mol. The molecule has 1 N–H and O–H groups in total. The van der Waals surface area contributed by atoms with Gasteiger partial charge in [0.25, 0.3) is 0 Å². The predicted octanol–water partition coefficient (Wildman–Crippen LogP) is -0.480. The highest BCUT2D eigenvalue weighted by Crippen LogP contribution is 2.13. The molecule has 0 bridgehead atoms. The standard InChI is InChI=1S/C9H17N5O3S/c1-4-10-7(15)6-18-9-11-12-13-14(9)5-8(16-2)17-3/h8H,4-6H2,1-3H3,(H,10,15). The number of amides is 1. The molecule has 1 rings (SSSR count). The molecule has 8 nitrogen and oxygen atoms in total. The SMILES string of the molecule is CCNC(=O)CSc1nnnn1CC(OC)OC. The second-order valence-corrected chi connectivity index (χ2v) is 4.23. The summed E-state index contributed by atoms with van der Waals surface area (Å²) in [6.07, 6.45) is -0.419. The molecule has 0 atom stereocenters. The molecule has 102 valence electrons. The van der Waals surface area contributed by atoms with Crippen molar-refractivity contribution in [2.24, 2.45) is 0 Å². The van der Waals surface area contributed by atoms with Crippen LogP contribution in [-0.2, 0) is 20.8 Å². The van der Waals surface area contributed by atoms with E-state index in [4.69, 9.17) is 9.47 Å². The number of rotatable bonds is 8. The van der Waals surface area contributed by atoms with Gasteiger partial charge in [0.2, 0.25) is 11.1 Å². The molecule has 18 heavy (non-hydrogen) atoms. The highest BCUT2D eigenvalue weighted by atomic mass is 32.2. The molecule has 1 heterocycles. The quantitative estimate of drug-likeness (QED) is 0.506. The molecule has 9 heteroatoms. The van der Waals surface area contributed by atoms with Crippen LogP contribution in [0.3, 0.4) is 0 Å². The third-order valence-corrected chi connectivity index (χ3v) is 3.01. The lowest BCUT2D eigenvalue weighted by Crippen LogP contribution is -2.25. The van der Waals surface area contributed by atoms with Gasteiger partial charge in [0.1, 0.15) is 0 Å². The molecule has 0 saturated heterocycles. The Bertz CT molecular complexity index is 369. The van der Waals surface area contributed by atoms with Gasteiger partial charge in [-0.1, -0.05) is 11.8 Å². The minimum atomic E-state index is -0.419. The Labute approximate surface area is 109 Å². The molecular weight excluding hydrogens is 258 g/mol. The van der Waals surface area contributed by atoms with Crippen molar-refractivity contribution in [3.05, 3.63) is 0 Å². The Hall–Kier alpha value is -1.19. The molecular formula is C9H17N5O3S. The molecule has 0 aliphatic carbocycles. The first kappa shape index (κ1) is 14.9. The van der Waals surface area contributed by atoms with E-state index in [0.29, 0.717) is 18.2 Å². The van der Waals surface area contributed by atoms with Gasteiger partial charge in [0, 0.05) is 20.8 Å². The van der Waals surface area contributed by atoms with E-state index in [1.54, 1.807) is 18.9 Å². The summed E-state index contributed by atoms with van der Waals surface area (Å²) in [5, 5.41) is 14.5. The summed E-state index contributed by atoms with van der Waals surface area (Å²) in [6, 6.07) is 0. The number of ether oxygens (including phenoxy) is 2. The Morgan fingerprint density at radius 3 is 2.83 bits per heavy atom. The van der Waals surface area contributed by atoms with E-state index < -0.39 is 6.29 Å². The molecule has 1 amide bonds. The molecule has 0 aromatic carbocycles. The molecule has 0 unspecified atom stereocenters. The zero-order valence-electron chi connectivity index (χ0n) is 10.6. The topological polar surface area (TPSA) is 91.2 Å². The number of aromatic nitrogens is 4. The van der Waals surface area contributed by atoms with E-state index in [9.17, 15) is 4.79 Å². The highest BCUT2D eigenvalue weighted by molar-refractivity contribution is 7.99. The first-order chi connectivity index (χ1) is 8.71. The van der Waals surface area contributed by atoms with Crippen LogP contribution in [0.15, 0.2) is 5.16 Å². The van der Waals surface area contributed by atoms with Crippen LogP contribution in [0.1, 0.15) is 6.92 Å². The van der Waals surface area contributed by atoms with Gasteiger partial charge < -0.3 is 14.8 Å². The number of hydrogen-bond donors (Lipinski definition) is 1. The number of nitrogens with one attached hydrogen (secondary N) is 1. The summed E-state index contributed by atoms with van der Waals surface area (Å²) < 4.78 is 11.7. The first-order valence-corrected chi connectivity index (χ1v) is 6.41. The van der Waals surface area contributed by atoms with Crippen molar-refractivity contribution < 1.29 is 14.3 Å². The van der Waals surface area contributed by atoms with E-state index >= 15 is 0 Å². The van der Waals surface area contributed by atoms with Crippen LogP contribution in [-0.4, -0.2) is 58.9 Å². The molecule has 0 fully saturated rings. The number of thioether (sulfide) groups is 1. The third kappa shape index (κ3) is 4.59. The van der Waals surface area contributed by atoms with Crippen molar-refractivity contribution in [2.45, 2.75) is 24.9 Å². The second-order valence-electron chi connectivity index (χ2n) is 3.29. The summed E-state index contributed by atoms with van der Waals surface area (Å²) in [6.45, 7) is 2.85. The summed E-state index contributed by atoms with van der Waals surface area (Å²) in [5.41, 5.74) is 0. The van der Waals surface area contributed by atoms with Crippen LogP contribution >= 0.6 is 11.8 Å². The van der Waals surface area contributed by atoms with E-state index in [2.05, 4.69) is 20.8 Å². The summed E-state index contributed by atoms with van der Waals surface area (Å²) in [5.74, 6) is 0.228. The smallest absolute Gasteiger partial charge is 0.230 e. The average molecular weight is 275 g/mol. The largest absolute Gasteiger partial charge is 0.356 e. The van der Waals surface area contributed by atoms with Crippen LogP contribution in [0, 0.1) is 0 Å².